The summed E-state index contributed by atoms with van der Waals surface area (Å²) in [5.41, 5.74) is 0. The fourth-order valence-electron chi connectivity index (χ4n) is 3.17. The second-order valence-corrected chi connectivity index (χ2v) is 7.94. The van der Waals surface area contributed by atoms with Gasteiger partial charge in [0.2, 0.25) is 0 Å². The first-order chi connectivity index (χ1) is 13.5. The Morgan fingerprint density at radius 2 is 0.655 bits per heavy atom. The predicted octanol–water partition coefficient (Wildman–Crippen LogP) is 7.07. The molecule has 0 aliphatic heterocycles. The Kier molecular flexibility index (Phi) is 34.5. The first-order valence-electron chi connectivity index (χ1n) is 12.0. The van der Waals surface area contributed by atoms with Crippen LogP contribution in [0.1, 0.15) is 142 Å². The van der Waals surface area contributed by atoms with Gasteiger partial charge in [0.05, 0.1) is 0 Å². The third-order valence-corrected chi connectivity index (χ3v) is 4.99. The van der Waals surface area contributed by atoms with E-state index in [2.05, 4.69) is 13.8 Å². The molecule has 4 nitrogen and oxygen atoms in total. The van der Waals surface area contributed by atoms with E-state index in [1.165, 1.54) is 89.9 Å². The van der Waals surface area contributed by atoms with E-state index in [-0.39, 0.29) is 23.9 Å². The molecule has 0 saturated carbocycles. The number of carboxylic acid groups (broad SMARTS) is 2. The van der Waals surface area contributed by atoms with Crippen molar-refractivity contribution in [3.63, 3.8) is 0 Å². The van der Waals surface area contributed by atoms with E-state index < -0.39 is 11.9 Å². The number of rotatable bonds is 20. The fourth-order valence-corrected chi connectivity index (χ4v) is 3.17. The molecule has 0 bridgehead atoms. The third kappa shape index (κ3) is 38.9. The van der Waals surface area contributed by atoms with Gasteiger partial charge in [-0.05, 0) is 12.8 Å². The summed E-state index contributed by atoms with van der Waals surface area (Å²) >= 11 is 0. The number of unbranched alkanes of at least 4 members (excludes halogenated alkanes) is 16. The van der Waals surface area contributed by atoms with Crippen LogP contribution in [0.15, 0.2) is 0 Å². The standard InChI is InChI=1S/2C12H24O2.Sn.2H/c2*1-2-3-4-5-6-7-8-9-10-11-12(13)14;;;/h2*2-11H2,1H3,(H,13,14);;;. The molecule has 0 aromatic carbocycles. The van der Waals surface area contributed by atoms with Crippen molar-refractivity contribution < 1.29 is 19.8 Å². The van der Waals surface area contributed by atoms with Crippen molar-refractivity contribution in [3.05, 3.63) is 0 Å². The van der Waals surface area contributed by atoms with Gasteiger partial charge in [-0.15, -0.1) is 0 Å². The molecule has 2 N–H and O–H groups in total. The van der Waals surface area contributed by atoms with Crippen LogP contribution in [0.4, 0.5) is 0 Å². The molecule has 0 unspecified atom stereocenters. The predicted molar refractivity (Wildman–Crippen MR) is 128 cm³/mol. The van der Waals surface area contributed by atoms with Crippen molar-refractivity contribution in [3.8, 4) is 0 Å². The van der Waals surface area contributed by atoms with E-state index in [9.17, 15) is 9.59 Å². The Morgan fingerprint density at radius 3 is 0.862 bits per heavy atom. The molecule has 0 rings (SSSR count). The van der Waals surface area contributed by atoms with Gasteiger partial charge in [0.1, 0.15) is 0 Å². The Hall–Kier alpha value is -0.261. The summed E-state index contributed by atoms with van der Waals surface area (Å²) in [4.78, 5) is 20.4. The zero-order valence-electron chi connectivity index (χ0n) is 19.6. The molecule has 174 valence electrons. The van der Waals surface area contributed by atoms with Crippen molar-refractivity contribution in [2.24, 2.45) is 0 Å². The average molecular weight is 521 g/mol. The number of carboxylic acids is 2. The van der Waals surface area contributed by atoms with Crippen LogP contribution in [0.3, 0.4) is 0 Å². The number of hydrogen-bond donors (Lipinski definition) is 2. The maximum atomic E-state index is 10.2. The maximum absolute atomic E-state index is 10.2. The van der Waals surface area contributed by atoms with Gasteiger partial charge in [-0.3, -0.25) is 9.59 Å². The van der Waals surface area contributed by atoms with E-state index in [0.717, 1.165) is 25.7 Å². The van der Waals surface area contributed by atoms with Crippen LogP contribution in [0.5, 0.6) is 0 Å². The third-order valence-electron chi connectivity index (χ3n) is 4.99. The summed E-state index contributed by atoms with van der Waals surface area (Å²) in [6.45, 7) is 4.46. The zero-order valence-corrected chi connectivity index (χ0v) is 23.6. The number of hydrogen-bond acceptors (Lipinski definition) is 2. The number of carbonyl (C=O) groups is 2. The van der Waals surface area contributed by atoms with Gasteiger partial charge in [0, 0.05) is 12.8 Å². The summed E-state index contributed by atoms with van der Waals surface area (Å²) in [7, 11) is 0. The van der Waals surface area contributed by atoms with Crippen molar-refractivity contribution >= 4 is 35.8 Å². The van der Waals surface area contributed by atoms with Crippen LogP contribution < -0.4 is 0 Å². The Balaban J connectivity index is -0.000000451. The van der Waals surface area contributed by atoms with Gasteiger partial charge < -0.3 is 10.2 Å². The summed E-state index contributed by atoms with van der Waals surface area (Å²) in [6.07, 6.45) is 23.0. The summed E-state index contributed by atoms with van der Waals surface area (Å²) in [5.74, 6) is -1.32. The van der Waals surface area contributed by atoms with Crippen LogP contribution in [-0.4, -0.2) is 46.1 Å². The van der Waals surface area contributed by atoms with Gasteiger partial charge in [-0.2, -0.15) is 0 Å². The molecule has 5 heteroatoms. The quantitative estimate of drug-likeness (QED) is 0.133. The molecular formula is C24H50O4Sn. The fraction of sp³-hybridized carbons (Fsp3) is 0.917. The monoisotopic (exact) mass is 522 g/mol. The first kappa shape index (κ1) is 33.4. The summed E-state index contributed by atoms with van der Waals surface area (Å²) in [6, 6.07) is 0. The molecule has 0 fully saturated rings. The van der Waals surface area contributed by atoms with E-state index in [0.29, 0.717) is 12.8 Å². The Morgan fingerprint density at radius 1 is 0.448 bits per heavy atom. The average Bonchev–Trinajstić information content (AvgIpc) is 2.65. The summed E-state index contributed by atoms with van der Waals surface area (Å²) in [5, 5.41) is 16.8. The van der Waals surface area contributed by atoms with Crippen LogP contribution in [-0.2, 0) is 9.59 Å². The van der Waals surface area contributed by atoms with Crippen LogP contribution in [0.2, 0.25) is 0 Å². The molecule has 0 amide bonds. The van der Waals surface area contributed by atoms with Crippen molar-refractivity contribution in [1.82, 2.24) is 0 Å². The van der Waals surface area contributed by atoms with Crippen molar-refractivity contribution in [1.29, 1.82) is 0 Å². The van der Waals surface area contributed by atoms with E-state index in [1.54, 1.807) is 0 Å². The van der Waals surface area contributed by atoms with E-state index >= 15 is 0 Å². The number of aliphatic carboxylic acids is 2. The van der Waals surface area contributed by atoms with Gasteiger partial charge in [-0.1, -0.05) is 117 Å². The normalized spacial score (nSPS) is 10.0. The molecular weight excluding hydrogens is 471 g/mol. The molecule has 0 heterocycles. The molecule has 0 saturated heterocycles. The summed E-state index contributed by atoms with van der Waals surface area (Å²) < 4.78 is 0. The molecule has 0 aromatic heterocycles. The zero-order chi connectivity index (χ0) is 21.3. The second kappa shape index (κ2) is 29.9. The first-order valence-corrected chi connectivity index (χ1v) is 12.0. The SMILES string of the molecule is CCCCCCCCCCCC(=O)O.CCCCCCCCCCCC(=O)O.[SnH2]. The molecule has 0 aliphatic carbocycles. The molecule has 0 aromatic rings. The Bertz CT molecular complexity index is 303. The van der Waals surface area contributed by atoms with E-state index in [1.807, 2.05) is 0 Å². The second-order valence-electron chi connectivity index (χ2n) is 7.94. The minimum absolute atomic E-state index is 0. The van der Waals surface area contributed by atoms with Gasteiger partial charge in [0.15, 0.2) is 0 Å². The van der Waals surface area contributed by atoms with E-state index in [4.69, 9.17) is 10.2 Å². The van der Waals surface area contributed by atoms with Crippen LogP contribution in [0.25, 0.3) is 0 Å². The topological polar surface area (TPSA) is 74.6 Å². The minimum atomic E-state index is -0.659. The van der Waals surface area contributed by atoms with Crippen LogP contribution in [0, 0.1) is 0 Å². The molecule has 29 heavy (non-hydrogen) atoms. The Labute approximate surface area is 197 Å². The van der Waals surface area contributed by atoms with Gasteiger partial charge in [-0.25, -0.2) is 0 Å². The molecule has 0 aliphatic rings. The van der Waals surface area contributed by atoms with Crippen molar-refractivity contribution in [2.45, 2.75) is 142 Å². The molecule has 2 radical (unpaired) electrons. The van der Waals surface area contributed by atoms with Gasteiger partial charge >= 0.3 is 35.8 Å². The van der Waals surface area contributed by atoms with Gasteiger partial charge in [0.25, 0.3) is 0 Å². The molecule has 0 spiro atoms. The van der Waals surface area contributed by atoms with Crippen LogP contribution >= 0.6 is 0 Å². The molecule has 0 atom stereocenters. The van der Waals surface area contributed by atoms with Crippen molar-refractivity contribution in [2.75, 3.05) is 0 Å².